The first-order chi connectivity index (χ1) is 11.6. The second kappa shape index (κ2) is 6.15. The van der Waals surface area contributed by atoms with Gasteiger partial charge in [0.25, 0.3) is 0 Å². The van der Waals surface area contributed by atoms with Gasteiger partial charge in [-0.3, -0.25) is 4.79 Å². The molecule has 2 N–H and O–H groups in total. The average Bonchev–Trinajstić information content (AvgIpc) is 3.00. The van der Waals surface area contributed by atoms with Crippen LogP contribution in [0.15, 0.2) is 6.20 Å². The molecule has 1 saturated heterocycles. The summed E-state index contributed by atoms with van der Waals surface area (Å²) in [5.74, 6) is 1.38. The zero-order chi connectivity index (χ0) is 16.8. The van der Waals surface area contributed by atoms with Gasteiger partial charge in [0.15, 0.2) is 0 Å². The van der Waals surface area contributed by atoms with Gasteiger partial charge in [-0.2, -0.15) is 0 Å². The third kappa shape index (κ3) is 2.75. The highest BCUT2D eigenvalue weighted by molar-refractivity contribution is 5.80. The number of imidazole rings is 1. The molecule has 0 radical (unpaired) electrons. The molecule has 132 valence electrons. The van der Waals surface area contributed by atoms with Crippen molar-refractivity contribution in [1.82, 2.24) is 19.8 Å². The van der Waals surface area contributed by atoms with Crippen molar-refractivity contribution >= 4 is 5.91 Å². The largest absolute Gasteiger partial charge is 0.392 e. The molecule has 2 heterocycles. The lowest BCUT2D eigenvalue weighted by atomic mass is 9.95. The Labute approximate surface area is 143 Å². The monoisotopic (exact) mass is 332 g/mol. The average molecular weight is 332 g/mol. The molecular formula is C18H28N4O2. The van der Waals surface area contributed by atoms with Crippen LogP contribution in [-0.4, -0.2) is 70.1 Å². The number of aromatic nitrogens is 2. The molecule has 1 aliphatic heterocycles. The molecule has 4 atom stereocenters. The Hall–Kier alpha value is -1.40. The number of hydrogen-bond acceptors (Lipinski definition) is 4. The number of likely N-dealkylation sites (N-methyl/N-ethyl adjacent to an activating group) is 1. The van der Waals surface area contributed by atoms with Crippen molar-refractivity contribution in [3.63, 3.8) is 0 Å². The van der Waals surface area contributed by atoms with Crippen LogP contribution in [0.5, 0.6) is 0 Å². The van der Waals surface area contributed by atoms with Gasteiger partial charge in [0, 0.05) is 42.9 Å². The van der Waals surface area contributed by atoms with Crippen LogP contribution >= 0.6 is 0 Å². The van der Waals surface area contributed by atoms with Crippen molar-refractivity contribution in [1.29, 1.82) is 0 Å². The van der Waals surface area contributed by atoms with Gasteiger partial charge in [-0.1, -0.05) is 0 Å². The van der Waals surface area contributed by atoms with E-state index in [2.05, 4.69) is 14.9 Å². The molecule has 6 nitrogen and oxygen atoms in total. The van der Waals surface area contributed by atoms with E-state index in [1.54, 1.807) is 0 Å². The van der Waals surface area contributed by atoms with Gasteiger partial charge in [0.2, 0.25) is 5.91 Å². The predicted octanol–water partition coefficient (Wildman–Crippen LogP) is 1.30. The summed E-state index contributed by atoms with van der Waals surface area (Å²) in [7, 11) is 4.07. The number of hydrogen-bond donors (Lipinski definition) is 2. The number of nitrogens with one attached hydrogen (secondary N) is 1. The zero-order valence-electron chi connectivity index (χ0n) is 14.6. The molecule has 1 aromatic heterocycles. The second-order valence-corrected chi connectivity index (χ2v) is 7.92. The van der Waals surface area contributed by atoms with Gasteiger partial charge in [-0.05, 0) is 46.2 Å². The van der Waals surface area contributed by atoms with Crippen LogP contribution in [0.1, 0.15) is 55.5 Å². The quantitative estimate of drug-likeness (QED) is 0.872. The lowest BCUT2D eigenvalue weighted by molar-refractivity contribution is -0.137. The fraction of sp³-hybridized carbons (Fsp3) is 0.778. The van der Waals surface area contributed by atoms with E-state index >= 15 is 0 Å². The molecular weight excluding hydrogens is 304 g/mol. The predicted molar refractivity (Wildman–Crippen MR) is 90.7 cm³/mol. The number of rotatable bonds is 4. The van der Waals surface area contributed by atoms with E-state index in [1.165, 1.54) is 12.8 Å². The van der Waals surface area contributed by atoms with E-state index in [0.717, 1.165) is 37.4 Å². The normalized spacial score (nSPS) is 33.6. The summed E-state index contributed by atoms with van der Waals surface area (Å²) in [6, 6.07) is 0.157. The number of aliphatic hydroxyl groups is 1. The van der Waals surface area contributed by atoms with Gasteiger partial charge < -0.3 is 19.9 Å². The minimum atomic E-state index is -0.641. The first kappa shape index (κ1) is 16.1. The molecule has 3 aliphatic rings. The minimum absolute atomic E-state index is 0.0726. The molecule has 0 aromatic carbocycles. The number of aromatic amines is 1. The molecule has 0 bridgehead atoms. The Balaban J connectivity index is 1.57. The van der Waals surface area contributed by atoms with E-state index in [1.807, 2.05) is 25.2 Å². The Morgan fingerprint density at radius 2 is 2.04 bits per heavy atom. The Morgan fingerprint density at radius 1 is 1.33 bits per heavy atom. The molecule has 6 heteroatoms. The van der Waals surface area contributed by atoms with Gasteiger partial charge in [-0.15, -0.1) is 0 Å². The van der Waals surface area contributed by atoms with Crippen molar-refractivity contribution < 1.29 is 9.90 Å². The molecule has 24 heavy (non-hydrogen) atoms. The summed E-state index contributed by atoms with van der Waals surface area (Å²) in [6.45, 7) is 1.68. The third-order valence-corrected chi connectivity index (χ3v) is 6.03. The Morgan fingerprint density at radius 3 is 2.67 bits per heavy atom. The maximum absolute atomic E-state index is 12.8. The van der Waals surface area contributed by atoms with E-state index in [4.69, 9.17) is 0 Å². The van der Waals surface area contributed by atoms with Crippen molar-refractivity contribution in [2.24, 2.45) is 5.92 Å². The first-order valence-electron chi connectivity index (χ1n) is 9.24. The fourth-order valence-electron chi connectivity index (χ4n) is 4.45. The van der Waals surface area contributed by atoms with Gasteiger partial charge in [0.1, 0.15) is 5.82 Å². The molecule has 3 fully saturated rings. The number of amides is 1. The molecule has 1 aromatic rings. The lowest BCUT2D eigenvalue weighted by Crippen LogP contribution is -2.38. The van der Waals surface area contributed by atoms with E-state index in [9.17, 15) is 9.90 Å². The van der Waals surface area contributed by atoms with Crippen molar-refractivity contribution in [2.75, 3.05) is 27.2 Å². The number of carbonyl (C=O) groups excluding carboxylic acids is 1. The highest BCUT2D eigenvalue weighted by Gasteiger charge is 2.49. The number of likely N-dealkylation sites (tertiary alicyclic amines) is 1. The van der Waals surface area contributed by atoms with E-state index in [-0.39, 0.29) is 23.8 Å². The van der Waals surface area contributed by atoms with Crippen molar-refractivity contribution in [3.05, 3.63) is 17.7 Å². The topological polar surface area (TPSA) is 72.5 Å². The smallest absolute Gasteiger partial charge is 0.228 e. The van der Waals surface area contributed by atoms with Crippen LogP contribution in [0.4, 0.5) is 0 Å². The number of nitrogens with zero attached hydrogens (tertiary/aromatic N) is 3. The Bertz CT molecular complexity index is 604. The first-order valence-corrected chi connectivity index (χ1v) is 9.24. The lowest BCUT2D eigenvalue weighted by Gasteiger charge is -2.26. The van der Waals surface area contributed by atoms with Crippen LogP contribution in [0.2, 0.25) is 0 Å². The Kier molecular flexibility index (Phi) is 4.12. The van der Waals surface area contributed by atoms with E-state index < -0.39 is 6.10 Å². The molecule has 4 rings (SSSR count). The van der Waals surface area contributed by atoms with Crippen LogP contribution in [0, 0.1) is 5.92 Å². The molecule has 2 saturated carbocycles. The van der Waals surface area contributed by atoms with E-state index in [0.29, 0.717) is 12.3 Å². The number of H-pyrrole nitrogens is 1. The summed E-state index contributed by atoms with van der Waals surface area (Å²) < 4.78 is 0. The molecule has 2 aliphatic carbocycles. The maximum Gasteiger partial charge on any atom is 0.228 e. The van der Waals surface area contributed by atoms with Crippen molar-refractivity contribution in [2.45, 2.75) is 56.1 Å². The fourth-order valence-corrected chi connectivity index (χ4v) is 4.45. The summed E-state index contributed by atoms with van der Waals surface area (Å²) in [5, 5.41) is 11.0. The van der Waals surface area contributed by atoms with Crippen LogP contribution in [0.25, 0.3) is 0 Å². The summed E-state index contributed by atoms with van der Waals surface area (Å²) >= 11 is 0. The van der Waals surface area contributed by atoms with Gasteiger partial charge in [-0.25, -0.2) is 4.98 Å². The zero-order valence-corrected chi connectivity index (χ0v) is 14.6. The second-order valence-electron chi connectivity index (χ2n) is 7.92. The molecule has 0 spiro atoms. The molecule has 1 amide bonds. The number of aliphatic hydroxyl groups excluding tert-OH is 1. The minimum Gasteiger partial charge on any atom is -0.392 e. The van der Waals surface area contributed by atoms with Crippen LogP contribution < -0.4 is 0 Å². The highest BCUT2D eigenvalue weighted by Crippen LogP contribution is 2.43. The maximum atomic E-state index is 12.8. The van der Waals surface area contributed by atoms with Crippen LogP contribution in [0.3, 0.4) is 0 Å². The third-order valence-electron chi connectivity index (χ3n) is 6.03. The SMILES string of the molecule is CN(C)[C@@H]1C[C@H](C(=O)N2CCCC2)[C@@H](O)[C@H]1c1cnc(C2CC2)[nH]1. The molecule has 0 unspecified atom stereocenters. The highest BCUT2D eigenvalue weighted by atomic mass is 16.3. The van der Waals surface area contributed by atoms with Gasteiger partial charge in [0.05, 0.1) is 12.0 Å². The van der Waals surface area contributed by atoms with Crippen molar-refractivity contribution in [3.8, 4) is 0 Å². The summed E-state index contributed by atoms with van der Waals surface area (Å²) in [4.78, 5) is 24.9. The van der Waals surface area contributed by atoms with Gasteiger partial charge >= 0.3 is 0 Å². The summed E-state index contributed by atoms with van der Waals surface area (Å²) in [6.07, 6.45) is 6.52. The van der Waals surface area contributed by atoms with Crippen LogP contribution in [-0.2, 0) is 4.79 Å². The number of carbonyl (C=O) groups is 1. The standard InChI is InChI=1S/C18H28N4O2/c1-21(2)14-9-12(18(24)22-7-3-4-8-22)16(23)15(14)13-10-19-17(20-13)11-5-6-11/h10-12,14-16,23H,3-9H2,1-2H3,(H,19,20)/t12-,14+,15-,16+/m0/s1. The summed E-state index contributed by atoms with van der Waals surface area (Å²) in [5.41, 5.74) is 0.986.